The molecule has 0 spiro atoms. The first-order valence-corrected chi connectivity index (χ1v) is 6.89. The van der Waals surface area contributed by atoms with E-state index < -0.39 is 15.7 Å². The lowest BCUT2D eigenvalue weighted by Crippen LogP contribution is -2.38. The molecule has 0 amide bonds. The standard InChI is InChI=1S/C11H11N3O3S/c12-8-9-7-10(14(15)16)1-2-11(9)13-3-5-18(17)6-4-13/h1-2,7H,3-6H2. The minimum atomic E-state index is -0.788. The lowest BCUT2D eigenvalue weighted by atomic mass is 10.1. The van der Waals surface area contributed by atoms with Gasteiger partial charge in [-0.1, -0.05) is 0 Å². The van der Waals surface area contributed by atoms with Gasteiger partial charge in [-0.05, 0) is 6.07 Å². The highest BCUT2D eigenvalue weighted by atomic mass is 32.2. The van der Waals surface area contributed by atoms with Gasteiger partial charge in [0, 0.05) is 47.5 Å². The summed E-state index contributed by atoms with van der Waals surface area (Å²) < 4.78 is 11.3. The molecule has 1 aliphatic heterocycles. The van der Waals surface area contributed by atoms with Crippen molar-refractivity contribution in [2.24, 2.45) is 0 Å². The number of benzene rings is 1. The first kappa shape index (κ1) is 12.5. The van der Waals surface area contributed by atoms with Gasteiger partial charge >= 0.3 is 0 Å². The van der Waals surface area contributed by atoms with E-state index in [1.807, 2.05) is 11.0 Å². The van der Waals surface area contributed by atoms with E-state index in [1.54, 1.807) is 6.07 Å². The first-order valence-electron chi connectivity index (χ1n) is 5.40. The maximum atomic E-state index is 11.3. The van der Waals surface area contributed by atoms with Crippen LogP contribution in [0.3, 0.4) is 0 Å². The van der Waals surface area contributed by atoms with Gasteiger partial charge in [0.2, 0.25) is 0 Å². The van der Waals surface area contributed by atoms with Crippen LogP contribution in [0.2, 0.25) is 0 Å². The maximum Gasteiger partial charge on any atom is 0.270 e. The van der Waals surface area contributed by atoms with E-state index in [9.17, 15) is 14.3 Å². The Kier molecular flexibility index (Phi) is 3.58. The summed E-state index contributed by atoms with van der Waals surface area (Å²) in [7, 11) is -0.788. The maximum absolute atomic E-state index is 11.3. The number of nitriles is 1. The van der Waals surface area contributed by atoms with Gasteiger partial charge in [0.25, 0.3) is 5.69 Å². The van der Waals surface area contributed by atoms with Gasteiger partial charge in [-0.15, -0.1) is 0 Å². The summed E-state index contributed by atoms with van der Waals surface area (Å²) in [6.45, 7) is 1.22. The van der Waals surface area contributed by atoms with Gasteiger partial charge in [0.05, 0.1) is 16.2 Å². The molecule has 1 heterocycles. The monoisotopic (exact) mass is 265 g/mol. The van der Waals surface area contributed by atoms with Crippen molar-refractivity contribution in [3.63, 3.8) is 0 Å². The van der Waals surface area contributed by atoms with E-state index in [0.717, 1.165) is 0 Å². The van der Waals surface area contributed by atoms with Crippen molar-refractivity contribution in [1.82, 2.24) is 0 Å². The van der Waals surface area contributed by atoms with Crippen LogP contribution >= 0.6 is 0 Å². The Bertz CT molecular complexity index is 543. The summed E-state index contributed by atoms with van der Waals surface area (Å²) in [5.74, 6) is 1.14. The summed E-state index contributed by atoms with van der Waals surface area (Å²) >= 11 is 0. The summed E-state index contributed by atoms with van der Waals surface area (Å²) in [5, 5.41) is 19.7. The fraction of sp³-hybridized carbons (Fsp3) is 0.364. The molecule has 0 radical (unpaired) electrons. The molecule has 1 aliphatic rings. The zero-order valence-corrected chi connectivity index (χ0v) is 10.4. The molecule has 0 saturated carbocycles. The molecule has 1 aromatic rings. The zero-order valence-electron chi connectivity index (χ0n) is 9.54. The molecular formula is C11H11N3O3S. The number of nitro groups is 1. The van der Waals surface area contributed by atoms with Gasteiger partial charge in [-0.25, -0.2) is 0 Å². The van der Waals surface area contributed by atoms with E-state index in [4.69, 9.17) is 5.26 Å². The topological polar surface area (TPSA) is 87.2 Å². The number of nitrogens with zero attached hydrogens (tertiary/aromatic N) is 3. The van der Waals surface area contributed by atoms with E-state index >= 15 is 0 Å². The highest BCUT2D eigenvalue weighted by Gasteiger charge is 2.19. The van der Waals surface area contributed by atoms with E-state index in [0.29, 0.717) is 30.3 Å². The second-order valence-electron chi connectivity index (χ2n) is 3.91. The third kappa shape index (κ3) is 2.49. The normalized spacial score (nSPS) is 16.3. The van der Waals surface area contributed by atoms with Gasteiger partial charge < -0.3 is 4.90 Å². The van der Waals surface area contributed by atoms with Gasteiger partial charge in [-0.3, -0.25) is 14.3 Å². The van der Waals surface area contributed by atoms with Crippen LogP contribution in [-0.2, 0) is 10.8 Å². The van der Waals surface area contributed by atoms with Crippen LogP contribution in [-0.4, -0.2) is 33.7 Å². The quantitative estimate of drug-likeness (QED) is 0.589. The fourth-order valence-corrected chi connectivity index (χ4v) is 2.93. The highest BCUT2D eigenvalue weighted by molar-refractivity contribution is 7.85. The van der Waals surface area contributed by atoms with E-state index in [1.165, 1.54) is 12.1 Å². The lowest BCUT2D eigenvalue weighted by molar-refractivity contribution is -0.384. The van der Waals surface area contributed by atoms with E-state index in [-0.39, 0.29) is 11.3 Å². The SMILES string of the molecule is N#Cc1cc([N+](=O)[O-])ccc1N1CCS(=O)CC1. The third-order valence-electron chi connectivity index (χ3n) is 2.83. The molecule has 6 nitrogen and oxygen atoms in total. The van der Waals surface area contributed by atoms with Crippen LogP contribution in [0.4, 0.5) is 11.4 Å². The van der Waals surface area contributed by atoms with Crippen molar-refractivity contribution >= 4 is 22.2 Å². The number of hydrogen-bond donors (Lipinski definition) is 0. The molecule has 0 bridgehead atoms. The predicted octanol–water partition coefficient (Wildman–Crippen LogP) is 1.04. The van der Waals surface area contributed by atoms with Crippen LogP contribution in [0.25, 0.3) is 0 Å². The minimum Gasteiger partial charge on any atom is -0.369 e. The predicted molar refractivity (Wildman–Crippen MR) is 67.9 cm³/mol. The third-order valence-corrected chi connectivity index (χ3v) is 4.11. The Labute approximate surface area is 106 Å². The van der Waals surface area contributed by atoms with Gasteiger partial charge in [-0.2, -0.15) is 5.26 Å². The van der Waals surface area contributed by atoms with Crippen LogP contribution in [0.15, 0.2) is 18.2 Å². The summed E-state index contributed by atoms with van der Waals surface area (Å²) in [6.07, 6.45) is 0. The first-order chi connectivity index (χ1) is 8.61. The Balaban J connectivity index is 2.31. The molecule has 1 fully saturated rings. The molecule has 2 rings (SSSR count). The van der Waals surface area contributed by atoms with Crippen LogP contribution in [0.1, 0.15) is 5.56 Å². The molecule has 7 heteroatoms. The van der Waals surface area contributed by atoms with Gasteiger partial charge in [0.1, 0.15) is 6.07 Å². The number of nitro benzene ring substituents is 1. The summed E-state index contributed by atoms with van der Waals surface area (Å²) in [4.78, 5) is 12.1. The second kappa shape index (κ2) is 5.14. The van der Waals surface area contributed by atoms with Crippen LogP contribution in [0.5, 0.6) is 0 Å². The number of non-ortho nitro benzene ring substituents is 1. The van der Waals surface area contributed by atoms with Crippen molar-refractivity contribution in [2.45, 2.75) is 0 Å². The molecule has 0 aliphatic carbocycles. The molecule has 18 heavy (non-hydrogen) atoms. The molecule has 0 N–H and O–H groups in total. The van der Waals surface area contributed by atoms with Crippen molar-refractivity contribution < 1.29 is 9.13 Å². The Hall–Kier alpha value is -1.94. The zero-order chi connectivity index (χ0) is 13.1. The van der Waals surface area contributed by atoms with Crippen molar-refractivity contribution in [3.8, 4) is 6.07 Å². The summed E-state index contributed by atoms with van der Waals surface area (Å²) in [5.41, 5.74) is 0.882. The molecule has 0 atom stereocenters. The molecule has 0 aromatic heterocycles. The van der Waals surface area contributed by atoms with Gasteiger partial charge in [0.15, 0.2) is 0 Å². The number of anilines is 1. The number of rotatable bonds is 2. The average Bonchev–Trinajstić information content (AvgIpc) is 2.39. The Morgan fingerprint density at radius 2 is 2.06 bits per heavy atom. The Morgan fingerprint density at radius 1 is 1.39 bits per heavy atom. The lowest BCUT2D eigenvalue weighted by Gasteiger charge is -2.28. The van der Waals surface area contributed by atoms with Crippen LogP contribution < -0.4 is 4.90 Å². The highest BCUT2D eigenvalue weighted by Crippen LogP contribution is 2.25. The molecule has 1 aromatic carbocycles. The minimum absolute atomic E-state index is 0.0871. The largest absolute Gasteiger partial charge is 0.369 e. The molecular weight excluding hydrogens is 254 g/mol. The molecule has 0 unspecified atom stereocenters. The van der Waals surface area contributed by atoms with Crippen molar-refractivity contribution in [1.29, 1.82) is 5.26 Å². The fourth-order valence-electron chi connectivity index (χ4n) is 1.88. The van der Waals surface area contributed by atoms with Crippen molar-refractivity contribution in [2.75, 3.05) is 29.5 Å². The second-order valence-corrected chi connectivity index (χ2v) is 5.60. The molecule has 1 saturated heterocycles. The Morgan fingerprint density at radius 3 is 2.61 bits per heavy atom. The smallest absolute Gasteiger partial charge is 0.270 e. The molecule has 94 valence electrons. The van der Waals surface area contributed by atoms with Crippen LogP contribution in [0, 0.1) is 21.4 Å². The number of hydrogen-bond acceptors (Lipinski definition) is 5. The van der Waals surface area contributed by atoms with E-state index in [2.05, 4.69) is 0 Å². The summed E-state index contributed by atoms with van der Waals surface area (Å²) in [6, 6.07) is 6.23. The van der Waals surface area contributed by atoms with Crippen molar-refractivity contribution in [3.05, 3.63) is 33.9 Å². The average molecular weight is 265 g/mol.